The highest BCUT2D eigenvalue weighted by atomic mass is 16.2. The van der Waals surface area contributed by atoms with Gasteiger partial charge in [-0.05, 0) is 18.1 Å². The molecule has 1 aromatic carbocycles. The van der Waals surface area contributed by atoms with E-state index in [-0.39, 0.29) is 5.91 Å². The minimum atomic E-state index is 0.165. The molecule has 0 saturated carbocycles. The minimum absolute atomic E-state index is 0.165. The highest BCUT2D eigenvalue weighted by Crippen LogP contribution is 2.17. The molecule has 0 unspecified atom stereocenters. The molecule has 0 radical (unpaired) electrons. The summed E-state index contributed by atoms with van der Waals surface area (Å²) in [4.78, 5) is 13.6. The van der Waals surface area contributed by atoms with Crippen LogP contribution in [0.5, 0.6) is 0 Å². The van der Waals surface area contributed by atoms with Crippen LogP contribution in [0.2, 0.25) is 0 Å². The molecule has 2 rings (SSSR count). The lowest BCUT2D eigenvalue weighted by molar-refractivity contribution is 0.0530. The summed E-state index contributed by atoms with van der Waals surface area (Å²) in [6.07, 6.45) is 0. The molecular formula is C11H13NO. The second kappa shape index (κ2) is 3.21. The van der Waals surface area contributed by atoms with Gasteiger partial charge < -0.3 is 4.90 Å². The maximum absolute atomic E-state index is 11.7. The van der Waals surface area contributed by atoms with Gasteiger partial charge in [0.05, 0.1) is 0 Å². The fourth-order valence-electron chi connectivity index (χ4n) is 1.63. The van der Waals surface area contributed by atoms with Crippen LogP contribution in [-0.4, -0.2) is 23.9 Å². The number of amides is 1. The summed E-state index contributed by atoms with van der Waals surface area (Å²) < 4.78 is 0. The van der Waals surface area contributed by atoms with E-state index >= 15 is 0 Å². The Morgan fingerprint density at radius 3 is 2.46 bits per heavy atom. The molecule has 1 aliphatic rings. The number of carbonyl (C=O) groups excluding carboxylic acids is 1. The second-order valence-corrected chi connectivity index (χ2v) is 3.68. The number of rotatable bonds is 1. The second-order valence-electron chi connectivity index (χ2n) is 3.68. The van der Waals surface area contributed by atoms with Gasteiger partial charge in [0.1, 0.15) is 0 Å². The molecule has 0 atom stereocenters. The first-order valence-corrected chi connectivity index (χ1v) is 4.61. The first-order valence-electron chi connectivity index (χ1n) is 4.61. The highest BCUT2D eigenvalue weighted by molar-refractivity contribution is 5.94. The number of hydrogen-bond donors (Lipinski definition) is 0. The van der Waals surface area contributed by atoms with E-state index in [4.69, 9.17) is 0 Å². The molecule has 68 valence electrons. The molecule has 2 nitrogen and oxygen atoms in total. The standard InChI is InChI=1S/C11H13NO/c1-9-7-12(8-9)11(13)10-5-3-2-4-6-10/h2-6,9H,7-8H2,1H3. The Kier molecular flexibility index (Phi) is 2.05. The molecule has 2 heteroatoms. The van der Waals surface area contributed by atoms with Gasteiger partial charge >= 0.3 is 0 Å². The molecule has 1 saturated heterocycles. The van der Waals surface area contributed by atoms with Gasteiger partial charge in [-0.1, -0.05) is 25.1 Å². The van der Waals surface area contributed by atoms with Crippen LogP contribution in [-0.2, 0) is 0 Å². The predicted octanol–water partition coefficient (Wildman–Crippen LogP) is 1.78. The summed E-state index contributed by atoms with van der Waals surface area (Å²) in [6.45, 7) is 3.98. The molecule has 1 aromatic rings. The van der Waals surface area contributed by atoms with E-state index in [0.717, 1.165) is 18.7 Å². The van der Waals surface area contributed by atoms with Crippen molar-refractivity contribution >= 4 is 5.91 Å². The molecule has 13 heavy (non-hydrogen) atoms. The third-order valence-corrected chi connectivity index (χ3v) is 2.37. The summed E-state index contributed by atoms with van der Waals surface area (Å²) in [6, 6.07) is 9.46. The van der Waals surface area contributed by atoms with Gasteiger partial charge in [-0.3, -0.25) is 4.79 Å². The zero-order chi connectivity index (χ0) is 9.26. The maximum Gasteiger partial charge on any atom is 0.253 e. The molecule has 1 heterocycles. The summed E-state index contributed by atoms with van der Waals surface area (Å²) in [5, 5.41) is 0. The third-order valence-electron chi connectivity index (χ3n) is 2.37. The van der Waals surface area contributed by atoms with Gasteiger partial charge in [0.2, 0.25) is 0 Å². The van der Waals surface area contributed by atoms with Crippen LogP contribution in [0, 0.1) is 5.92 Å². The van der Waals surface area contributed by atoms with Crippen molar-refractivity contribution in [2.45, 2.75) is 6.92 Å². The van der Waals surface area contributed by atoms with Gasteiger partial charge in [0, 0.05) is 18.7 Å². The van der Waals surface area contributed by atoms with Crippen LogP contribution in [0.4, 0.5) is 0 Å². The Labute approximate surface area is 78.2 Å². The topological polar surface area (TPSA) is 20.3 Å². The molecule has 0 aliphatic carbocycles. The maximum atomic E-state index is 11.7. The summed E-state index contributed by atoms with van der Waals surface area (Å²) in [5.41, 5.74) is 0.800. The van der Waals surface area contributed by atoms with Crippen LogP contribution < -0.4 is 0 Å². The quantitative estimate of drug-likeness (QED) is 0.637. The highest BCUT2D eigenvalue weighted by Gasteiger charge is 2.27. The summed E-state index contributed by atoms with van der Waals surface area (Å²) in [7, 11) is 0. The van der Waals surface area contributed by atoms with Gasteiger partial charge in [-0.15, -0.1) is 0 Å². The van der Waals surface area contributed by atoms with Crippen molar-refractivity contribution in [3.05, 3.63) is 35.9 Å². The normalized spacial score (nSPS) is 16.8. The van der Waals surface area contributed by atoms with Crippen molar-refractivity contribution in [3.8, 4) is 0 Å². The fourth-order valence-corrected chi connectivity index (χ4v) is 1.63. The summed E-state index contributed by atoms with van der Waals surface area (Å²) >= 11 is 0. The zero-order valence-corrected chi connectivity index (χ0v) is 7.73. The van der Waals surface area contributed by atoms with E-state index in [0.29, 0.717) is 5.92 Å². The number of benzene rings is 1. The average molecular weight is 175 g/mol. The fraction of sp³-hybridized carbons (Fsp3) is 0.364. The first-order chi connectivity index (χ1) is 6.27. The van der Waals surface area contributed by atoms with E-state index in [9.17, 15) is 4.79 Å². The lowest BCUT2D eigenvalue weighted by atomic mass is 10.0. The van der Waals surface area contributed by atoms with Crippen molar-refractivity contribution in [1.82, 2.24) is 4.90 Å². The Bertz CT molecular complexity index is 301. The monoisotopic (exact) mass is 175 g/mol. The Hall–Kier alpha value is -1.31. The summed E-state index contributed by atoms with van der Waals surface area (Å²) in [5.74, 6) is 0.839. The first kappa shape index (κ1) is 8.30. The van der Waals surface area contributed by atoms with Crippen molar-refractivity contribution in [2.24, 2.45) is 5.92 Å². The minimum Gasteiger partial charge on any atom is -0.338 e. The lowest BCUT2D eigenvalue weighted by Crippen LogP contribution is -2.48. The zero-order valence-electron chi connectivity index (χ0n) is 7.73. The predicted molar refractivity (Wildman–Crippen MR) is 51.5 cm³/mol. The van der Waals surface area contributed by atoms with Crippen LogP contribution >= 0.6 is 0 Å². The van der Waals surface area contributed by atoms with Crippen molar-refractivity contribution in [2.75, 3.05) is 13.1 Å². The van der Waals surface area contributed by atoms with E-state index in [1.165, 1.54) is 0 Å². The van der Waals surface area contributed by atoms with Crippen LogP contribution in [0.25, 0.3) is 0 Å². The lowest BCUT2D eigenvalue weighted by Gasteiger charge is -2.37. The molecule has 1 fully saturated rings. The number of nitrogens with zero attached hydrogens (tertiary/aromatic N) is 1. The van der Waals surface area contributed by atoms with Crippen LogP contribution in [0.3, 0.4) is 0 Å². The van der Waals surface area contributed by atoms with E-state index in [2.05, 4.69) is 6.92 Å². The van der Waals surface area contributed by atoms with E-state index in [1.807, 2.05) is 35.2 Å². The van der Waals surface area contributed by atoms with Gasteiger partial charge in [-0.2, -0.15) is 0 Å². The average Bonchev–Trinajstić information content (AvgIpc) is 2.13. The molecule has 0 spiro atoms. The largest absolute Gasteiger partial charge is 0.338 e. The van der Waals surface area contributed by atoms with Gasteiger partial charge in [-0.25, -0.2) is 0 Å². The van der Waals surface area contributed by atoms with Crippen molar-refractivity contribution in [3.63, 3.8) is 0 Å². The molecule has 1 aliphatic heterocycles. The number of hydrogen-bond acceptors (Lipinski definition) is 1. The number of carbonyl (C=O) groups is 1. The number of likely N-dealkylation sites (tertiary alicyclic amines) is 1. The third kappa shape index (κ3) is 1.57. The van der Waals surface area contributed by atoms with Crippen LogP contribution in [0.1, 0.15) is 17.3 Å². The molecule has 0 N–H and O–H groups in total. The van der Waals surface area contributed by atoms with Crippen molar-refractivity contribution < 1.29 is 4.79 Å². The van der Waals surface area contributed by atoms with Crippen molar-refractivity contribution in [1.29, 1.82) is 0 Å². The van der Waals surface area contributed by atoms with E-state index < -0.39 is 0 Å². The molecular weight excluding hydrogens is 162 g/mol. The smallest absolute Gasteiger partial charge is 0.253 e. The molecule has 0 aromatic heterocycles. The van der Waals surface area contributed by atoms with Gasteiger partial charge in [0.25, 0.3) is 5.91 Å². The SMILES string of the molecule is CC1CN(C(=O)c2ccccc2)C1. The van der Waals surface area contributed by atoms with E-state index in [1.54, 1.807) is 0 Å². The molecule has 0 bridgehead atoms. The molecule has 1 amide bonds. The Morgan fingerprint density at radius 1 is 1.31 bits per heavy atom. The Balaban J connectivity index is 2.06. The van der Waals surface area contributed by atoms with Crippen LogP contribution in [0.15, 0.2) is 30.3 Å². The van der Waals surface area contributed by atoms with Gasteiger partial charge in [0.15, 0.2) is 0 Å². The Morgan fingerprint density at radius 2 is 1.92 bits per heavy atom.